The van der Waals surface area contributed by atoms with Crippen molar-refractivity contribution in [2.24, 2.45) is 18.4 Å². The monoisotopic (exact) mass is 358 g/mol. The van der Waals surface area contributed by atoms with Crippen LogP contribution in [0.1, 0.15) is 38.7 Å². The molecule has 0 unspecified atom stereocenters. The first kappa shape index (κ1) is 18.9. The van der Waals surface area contributed by atoms with Crippen molar-refractivity contribution in [3.8, 4) is 0 Å². The lowest BCUT2D eigenvalue weighted by Gasteiger charge is -2.43. The number of aryl methyl sites for hydroxylation is 1. The average Bonchev–Trinajstić information content (AvgIpc) is 2.97. The summed E-state index contributed by atoms with van der Waals surface area (Å²) in [6.07, 6.45) is 3.12. The van der Waals surface area contributed by atoms with Crippen LogP contribution in [0.3, 0.4) is 0 Å². The number of carboxylic acids is 1. The number of piperidine rings is 1. The predicted octanol–water partition coefficient (Wildman–Crippen LogP) is 3.25. The molecule has 2 atom stereocenters. The molecule has 142 valence electrons. The van der Waals surface area contributed by atoms with Crippen LogP contribution in [-0.2, 0) is 18.4 Å². The van der Waals surface area contributed by atoms with Crippen molar-refractivity contribution in [1.29, 1.82) is 0 Å². The second-order valence-electron chi connectivity index (χ2n) is 8.19. The number of nitrogens with zero attached hydrogens (tertiary/aromatic N) is 2. The molecule has 0 bridgehead atoms. The number of aromatic nitrogens is 1. The zero-order valence-corrected chi connectivity index (χ0v) is 16.0. The fourth-order valence-electron chi connectivity index (χ4n) is 4.15. The molecule has 0 radical (unpaired) electrons. The van der Waals surface area contributed by atoms with Gasteiger partial charge in [-0.3, -0.25) is 9.69 Å². The molecular weight excluding hydrogens is 328 g/mol. The molecule has 1 fully saturated rings. The van der Waals surface area contributed by atoms with E-state index < -0.39 is 17.5 Å². The topological polar surface area (TPSA) is 65.7 Å². The van der Waals surface area contributed by atoms with Crippen LogP contribution in [0.4, 0.5) is 0 Å². The Morgan fingerprint density at radius 2 is 2.12 bits per heavy atom. The van der Waals surface area contributed by atoms with Gasteiger partial charge in [0.1, 0.15) is 5.41 Å². The van der Waals surface area contributed by atoms with E-state index in [9.17, 15) is 15.0 Å². The molecule has 3 rings (SSSR count). The minimum Gasteiger partial charge on any atom is -0.481 e. The second kappa shape index (κ2) is 7.41. The highest BCUT2D eigenvalue weighted by molar-refractivity contribution is 5.83. The van der Waals surface area contributed by atoms with Gasteiger partial charge in [-0.15, -0.1) is 0 Å². The van der Waals surface area contributed by atoms with Crippen molar-refractivity contribution in [2.75, 3.05) is 13.1 Å². The number of rotatable bonds is 6. The molecule has 2 aromatic rings. The third-order valence-electron chi connectivity index (χ3n) is 5.87. The van der Waals surface area contributed by atoms with E-state index in [-0.39, 0.29) is 0 Å². The standard InChI is InChI=1S/C21H30N2O3/c1-15(2)7-10-21(20(25)26)14-23(12-9-19(21)24)13-16-5-4-6-18-17(16)8-11-22(18)3/h4-6,8,11,15,19,24H,7,9-10,12-14H2,1-3H3,(H,25,26)/t19-,21-/m1/s1. The largest absolute Gasteiger partial charge is 0.481 e. The molecule has 2 N–H and O–H groups in total. The van der Waals surface area contributed by atoms with Crippen LogP contribution in [0.2, 0.25) is 0 Å². The van der Waals surface area contributed by atoms with E-state index in [1.54, 1.807) is 0 Å². The number of hydrogen-bond donors (Lipinski definition) is 2. The van der Waals surface area contributed by atoms with Crippen LogP contribution >= 0.6 is 0 Å². The molecule has 1 aliphatic rings. The number of aliphatic hydroxyl groups excluding tert-OH is 1. The van der Waals surface area contributed by atoms with Crippen molar-refractivity contribution in [3.63, 3.8) is 0 Å². The van der Waals surface area contributed by atoms with Crippen molar-refractivity contribution >= 4 is 16.9 Å². The Kier molecular flexibility index (Phi) is 5.39. The van der Waals surface area contributed by atoms with Gasteiger partial charge in [0.25, 0.3) is 0 Å². The van der Waals surface area contributed by atoms with Gasteiger partial charge in [-0.05, 0) is 42.9 Å². The first-order valence-electron chi connectivity index (χ1n) is 9.50. The maximum atomic E-state index is 12.1. The zero-order chi connectivity index (χ0) is 18.9. The molecular formula is C21H30N2O3. The molecule has 5 nitrogen and oxygen atoms in total. The van der Waals surface area contributed by atoms with Gasteiger partial charge < -0.3 is 14.8 Å². The lowest BCUT2D eigenvalue weighted by Crippen LogP contribution is -2.55. The van der Waals surface area contributed by atoms with Gasteiger partial charge in [0.15, 0.2) is 0 Å². The summed E-state index contributed by atoms with van der Waals surface area (Å²) in [6.45, 7) is 6.03. The summed E-state index contributed by atoms with van der Waals surface area (Å²) in [4.78, 5) is 14.3. The van der Waals surface area contributed by atoms with Crippen molar-refractivity contribution < 1.29 is 15.0 Å². The maximum absolute atomic E-state index is 12.1. The minimum atomic E-state index is -1.06. The van der Waals surface area contributed by atoms with E-state index in [0.29, 0.717) is 31.8 Å². The van der Waals surface area contributed by atoms with E-state index in [1.807, 2.05) is 7.05 Å². The SMILES string of the molecule is CC(C)CC[C@@]1(C(=O)O)CN(Cc2cccc3c2ccn3C)CC[C@H]1O. The summed E-state index contributed by atoms with van der Waals surface area (Å²) in [6, 6.07) is 8.39. The van der Waals surface area contributed by atoms with E-state index in [0.717, 1.165) is 13.0 Å². The predicted molar refractivity (Wildman–Crippen MR) is 103 cm³/mol. The quantitative estimate of drug-likeness (QED) is 0.832. The third-order valence-corrected chi connectivity index (χ3v) is 5.87. The summed E-state index contributed by atoms with van der Waals surface area (Å²) in [7, 11) is 2.03. The Hall–Kier alpha value is -1.85. The summed E-state index contributed by atoms with van der Waals surface area (Å²) >= 11 is 0. The average molecular weight is 358 g/mol. The molecule has 0 aliphatic carbocycles. The highest BCUT2D eigenvalue weighted by Gasteiger charge is 2.48. The Balaban J connectivity index is 1.83. The van der Waals surface area contributed by atoms with Gasteiger partial charge in [-0.1, -0.05) is 26.0 Å². The number of hydrogen-bond acceptors (Lipinski definition) is 3. The summed E-state index contributed by atoms with van der Waals surface area (Å²) < 4.78 is 2.10. The molecule has 1 aromatic heterocycles. The van der Waals surface area contributed by atoms with Gasteiger partial charge in [-0.25, -0.2) is 0 Å². The van der Waals surface area contributed by atoms with Gasteiger partial charge in [0.2, 0.25) is 0 Å². The lowest BCUT2D eigenvalue weighted by molar-refractivity contribution is -0.165. The minimum absolute atomic E-state index is 0.402. The van der Waals surface area contributed by atoms with Crippen molar-refractivity contribution in [1.82, 2.24) is 9.47 Å². The molecule has 1 aromatic carbocycles. The number of carbonyl (C=O) groups is 1. The fourth-order valence-corrected chi connectivity index (χ4v) is 4.15. The Morgan fingerprint density at radius 3 is 2.81 bits per heavy atom. The van der Waals surface area contributed by atoms with Crippen molar-refractivity contribution in [2.45, 2.75) is 45.8 Å². The summed E-state index contributed by atoms with van der Waals surface area (Å²) in [5, 5.41) is 21.7. The van der Waals surface area contributed by atoms with Crippen LogP contribution in [0, 0.1) is 11.3 Å². The van der Waals surface area contributed by atoms with E-state index in [4.69, 9.17) is 0 Å². The van der Waals surface area contributed by atoms with Gasteiger partial charge in [0.05, 0.1) is 6.10 Å². The van der Waals surface area contributed by atoms with Gasteiger partial charge in [-0.2, -0.15) is 0 Å². The molecule has 2 heterocycles. The molecule has 0 amide bonds. The second-order valence-corrected chi connectivity index (χ2v) is 8.19. The molecule has 1 aliphatic heterocycles. The van der Waals surface area contributed by atoms with Crippen LogP contribution in [0.25, 0.3) is 10.9 Å². The molecule has 1 saturated heterocycles. The third kappa shape index (κ3) is 3.51. The van der Waals surface area contributed by atoms with Crippen LogP contribution < -0.4 is 0 Å². The number of carboxylic acid groups (broad SMARTS) is 1. The molecule has 0 saturated carbocycles. The molecule has 0 spiro atoms. The first-order chi connectivity index (χ1) is 12.3. The number of likely N-dealkylation sites (tertiary alicyclic amines) is 1. The zero-order valence-electron chi connectivity index (χ0n) is 16.0. The Morgan fingerprint density at radius 1 is 1.35 bits per heavy atom. The number of aliphatic hydroxyl groups is 1. The highest BCUT2D eigenvalue weighted by Crippen LogP contribution is 2.37. The lowest BCUT2D eigenvalue weighted by atomic mass is 9.72. The van der Waals surface area contributed by atoms with E-state index in [1.165, 1.54) is 16.5 Å². The number of fused-ring (bicyclic) bond motifs is 1. The van der Waals surface area contributed by atoms with Crippen LogP contribution in [-0.4, -0.2) is 44.8 Å². The Bertz CT molecular complexity index is 783. The van der Waals surface area contributed by atoms with Crippen LogP contribution in [0.5, 0.6) is 0 Å². The van der Waals surface area contributed by atoms with E-state index in [2.05, 4.69) is 53.8 Å². The number of benzene rings is 1. The van der Waals surface area contributed by atoms with Gasteiger partial charge in [0, 0.05) is 43.8 Å². The van der Waals surface area contributed by atoms with Crippen LogP contribution in [0.15, 0.2) is 30.5 Å². The Labute approximate surface area is 155 Å². The summed E-state index contributed by atoms with van der Waals surface area (Å²) in [5.74, 6) is -0.444. The van der Waals surface area contributed by atoms with Gasteiger partial charge >= 0.3 is 5.97 Å². The molecule has 26 heavy (non-hydrogen) atoms. The highest BCUT2D eigenvalue weighted by atomic mass is 16.4. The first-order valence-corrected chi connectivity index (χ1v) is 9.50. The number of aliphatic carboxylic acids is 1. The van der Waals surface area contributed by atoms with Crippen molar-refractivity contribution in [3.05, 3.63) is 36.0 Å². The molecule has 5 heteroatoms. The summed E-state index contributed by atoms with van der Waals surface area (Å²) in [5.41, 5.74) is 1.33. The van der Waals surface area contributed by atoms with E-state index >= 15 is 0 Å². The fraction of sp³-hybridized carbons (Fsp3) is 0.571. The normalized spacial score (nSPS) is 24.4. The smallest absolute Gasteiger partial charge is 0.313 e. The maximum Gasteiger partial charge on any atom is 0.313 e.